The number of benzene rings is 4. The van der Waals surface area contributed by atoms with Crippen molar-refractivity contribution in [1.29, 1.82) is 0 Å². The zero-order chi connectivity index (χ0) is 37.6. The van der Waals surface area contributed by atoms with E-state index in [1.807, 2.05) is 36.4 Å². The molecule has 2 saturated carbocycles. The maximum absolute atomic E-state index is 11.4. The van der Waals surface area contributed by atoms with Gasteiger partial charge in [-0.05, 0) is 121 Å². The lowest BCUT2D eigenvalue weighted by Crippen LogP contribution is -2.27. The van der Waals surface area contributed by atoms with Gasteiger partial charge in [0.2, 0.25) is 0 Å². The van der Waals surface area contributed by atoms with Crippen molar-refractivity contribution in [2.24, 2.45) is 29.6 Å². The summed E-state index contributed by atoms with van der Waals surface area (Å²) >= 11 is 1.80. The molecule has 4 aromatic rings. The third kappa shape index (κ3) is 8.86. The fourth-order valence-corrected chi connectivity index (χ4v) is 10.9. The molecule has 0 radical (unpaired) electrons. The Morgan fingerprint density at radius 2 is 1.39 bits per heavy atom. The number of thioether (sulfide) groups is 1. The molecule has 2 atom stereocenters. The molecule has 2 fully saturated rings. The predicted octanol–water partition coefficient (Wildman–Crippen LogP) is 12.5. The molecular weight excluding hydrogens is 695 g/mol. The number of nitro benzene ring substituents is 1. The molecule has 286 valence electrons. The molecule has 7 nitrogen and oxygen atoms in total. The summed E-state index contributed by atoms with van der Waals surface area (Å²) in [6.07, 6.45) is 15.5. The second-order valence-corrected chi connectivity index (χ2v) is 17.1. The Labute approximate surface area is 324 Å². The average Bonchev–Trinajstić information content (AvgIpc) is 3.21. The molecule has 54 heavy (non-hydrogen) atoms. The molecule has 7 rings (SSSR count). The molecule has 0 bridgehead atoms. The van der Waals surface area contributed by atoms with Crippen molar-refractivity contribution < 1.29 is 24.6 Å². The molecule has 3 aliphatic rings. The Morgan fingerprint density at radius 3 is 2.02 bits per heavy atom. The Kier molecular flexibility index (Phi) is 12.4. The maximum atomic E-state index is 11.4. The number of non-ortho nitro benzene ring substituents is 1. The van der Waals surface area contributed by atoms with Crippen LogP contribution in [0.25, 0.3) is 11.1 Å². The summed E-state index contributed by atoms with van der Waals surface area (Å²) in [4.78, 5) is 12.2. The summed E-state index contributed by atoms with van der Waals surface area (Å²) in [5, 5.41) is 31.2. The lowest BCUT2D eigenvalue weighted by molar-refractivity contribution is -0.384. The van der Waals surface area contributed by atoms with E-state index in [4.69, 9.17) is 9.47 Å². The lowest BCUT2D eigenvalue weighted by atomic mass is 9.69. The smallest absolute Gasteiger partial charge is 0.269 e. The Hall–Kier alpha value is -4.17. The van der Waals surface area contributed by atoms with Crippen molar-refractivity contribution in [1.82, 2.24) is 0 Å². The highest BCUT2D eigenvalue weighted by Crippen LogP contribution is 2.55. The van der Waals surface area contributed by atoms with Gasteiger partial charge < -0.3 is 19.7 Å². The van der Waals surface area contributed by atoms with Crippen LogP contribution in [-0.4, -0.2) is 21.7 Å². The molecule has 0 saturated heterocycles. The molecule has 2 N–H and O–H groups in total. The van der Waals surface area contributed by atoms with Crippen molar-refractivity contribution in [2.45, 2.75) is 108 Å². The third-order valence-electron chi connectivity index (χ3n) is 12.6. The number of hydrogen-bond donors (Lipinski definition) is 2. The number of phenolic OH excluding ortho intramolecular Hbond substituents is 2. The fraction of sp³-hybridized carbons (Fsp3) is 0.478. The van der Waals surface area contributed by atoms with Gasteiger partial charge in [0, 0.05) is 22.9 Å². The van der Waals surface area contributed by atoms with Crippen LogP contribution in [0.4, 0.5) is 5.69 Å². The van der Waals surface area contributed by atoms with Crippen molar-refractivity contribution in [3.05, 3.63) is 106 Å². The van der Waals surface area contributed by atoms with E-state index >= 15 is 0 Å². The van der Waals surface area contributed by atoms with E-state index < -0.39 is 0 Å². The second kappa shape index (κ2) is 17.5. The monoisotopic (exact) mass is 749 g/mol. The number of nitrogens with zero attached hydrogens (tertiary/aromatic N) is 1. The van der Waals surface area contributed by atoms with Gasteiger partial charge in [-0.3, -0.25) is 10.1 Å². The maximum Gasteiger partial charge on any atom is 0.269 e. The van der Waals surface area contributed by atoms with Crippen LogP contribution < -0.4 is 9.47 Å². The van der Waals surface area contributed by atoms with E-state index in [9.17, 15) is 20.3 Å². The molecule has 1 aliphatic heterocycles. The van der Waals surface area contributed by atoms with Crippen LogP contribution in [0.15, 0.2) is 83.8 Å². The second-order valence-electron chi connectivity index (χ2n) is 16.0. The van der Waals surface area contributed by atoms with E-state index in [1.165, 1.54) is 75.8 Å². The third-order valence-corrected chi connectivity index (χ3v) is 14.1. The SMILES string of the molecule is CCCC1CCC(C2CCC(COc3ccc(OCc4ccc(-c5ccc(O)c(O)c5)cc4)c4c3CC(CC)C(c3ccc([N+](=O)[O-])cc3)S4)CC2)CC1. The minimum atomic E-state index is -0.341. The van der Waals surface area contributed by atoms with Gasteiger partial charge in [-0.15, -0.1) is 11.8 Å². The first-order chi connectivity index (χ1) is 26.3. The first-order valence-corrected chi connectivity index (χ1v) is 21.1. The van der Waals surface area contributed by atoms with Gasteiger partial charge in [0.15, 0.2) is 11.5 Å². The highest BCUT2D eigenvalue weighted by Gasteiger charge is 2.35. The minimum Gasteiger partial charge on any atom is -0.504 e. The Morgan fingerprint density at radius 1 is 0.741 bits per heavy atom. The van der Waals surface area contributed by atoms with Crippen LogP contribution >= 0.6 is 11.8 Å². The van der Waals surface area contributed by atoms with E-state index in [0.717, 1.165) is 75.9 Å². The van der Waals surface area contributed by atoms with Gasteiger partial charge in [0.1, 0.15) is 18.1 Å². The molecule has 0 spiro atoms. The van der Waals surface area contributed by atoms with Crippen molar-refractivity contribution in [3.63, 3.8) is 0 Å². The number of fused-ring (bicyclic) bond motifs is 1. The number of rotatable bonds is 13. The van der Waals surface area contributed by atoms with Gasteiger partial charge in [0.25, 0.3) is 5.69 Å². The van der Waals surface area contributed by atoms with Gasteiger partial charge in [-0.25, -0.2) is 0 Å². The largest absolute Gasteiger partial charge is 0.504 e. The molecule has 0 amide bonds. The summed E-state index contributed by atoms with van der Waals surface area (Å²) in [5.41, 5.74) is 5.17. The van der Waals surface area contributed by atoms with E-state index in [1.54, 1.807) is 36.0 Å². The molecule has 8 heteroatoms. The van der Waals surface area contributed by atoms with Gasteiger partial charge in [-0.1, -0.05) is 88.4 Å². The summed E-state index contributed by atoms with van der Waals surface area (Å²) in [6, 6.07) is 24.1. The number of aromatic hydroxyl groups is 2. The standard InChI is InChI=1S/C46H55NO6S/c1-3-5-30-6-12-34(13-7-30)35-14-8-31(9-15-35)28-52-43-24-25-44(53-29-32-10-16-36(17-11-32)38-20-23-41(48)42(49)27-38)46-40(43)26-33(4-2)45(54-46)37-18-21-39(22-19-37)47(50)51/h10-11,16-25,27,30-31,33-35,45,48-49H,3-9,12-15,26,28-29H2,1-2H3. The average molecular weight is 750 g/mol. The van der Waals surface area contributed by atoms with Crippen LogP contribution in [0, 0.1) is 39.7 Å². The molecule has 2 aliphatic carbocycles. The van der Waals surface area contributed by atoms with E-state index in [0.29, 0.717) is 18.4 Å². The number of nitro groups is 1. The first kappa shape index (κ1) is 38.1. The molecule has 2 unspecified atom stereocenters. The van der Waals surface area contributed by atoms with Gasteiger partial charge >= 0.3 is 0 Å². The molecule has 4 aromatic carbocycles. The van der Waals surface area contributed by atoms with Crippen LogP contribution in [0.5, 0.6) is 23.0 Å². The first-order valence-electron chi connectivity index (χ1n) is 20.2. The van der Waals surface area contributed by atoms with E-state index in [-0.39, 0.29) is 27.4 Å². The van der Waals surface area contributed by atoms with E-state index in [2.05, 4.69) is 26.0 Å². The van der Waals surface area contributed by atoms with Crippen molar-refractivity contribution in [3.8, 4) is 34.1 Å². The normalized spacial score (nSPS) is 24.0. The molecule has 0 aromatic heterocycles. The number of hydrogen-bond acceptors (Lipinski definition) is 7. The Balaban J connectivity index is 1.06. The topological polar surface area (TPSA) is 102 Å². The number of ether oxygens (including phenoxy) is 2. The van der Waals surface area contributed by atoms with Crippen molar-refractivity contribution in [2.75, 3.05) is 6.61 Å². The Bertz CT molecular complexity index is 1860. The van der Waals surface area contributed by atoms with Gasteiger partial charge in [-0.2, -0.15) is 0 Å². The van der Waals surface area contributed by atoms with Crippen LogP contribution in [-0.2, 0) is 13.0 Å². The summed E-state index contributed by atoms with van der Waals surface area (Å²) < 4.78 is 13.3. The zero-order valence-electron chi connectivity index (χ0n) is 31.8. The van der Waals surface area contributed by atoms with Crippen LogP contribution in [0.3, 0.4) is 0 Å². The lowest BCUT2D eigenvalue weighted by Gasteiger charge is -2.38. The molecular formula is C46H55NO6S. The number of phenols is 2. The highest BCUT2D eigenvalue weighted by molar-refractivity contribution is 7.99. The molecule has 1 heterocycles. The summed E-state index contributed by atoms with van der Waals surface area (Å²) in [6.45, 7) is 5.69. The fourth-order valence-electron chi connectivity index (χ4n) is 9.28. The predicted molar refractivity (Wildman–Crippen MR) is 216 cm³/mol. The summed E-state index contributed by atoms with van der Waals surface area (Å²) in [7, 11) is 0. The van der Waals surface area contributed by atoms with Gasteiger partial charge in [0.05, 0.1) is 16.4 Å². The zero-order valence-corrected chi connectivity index (χ0v) is 32.6. The highest BCUT2D eigenvalue weighted by atomic mass is 32.2. The van der Waals surface area contributed by atoms with Crippen LogP contribution in [0.2, 0.25) is 0 Å². The quantitative estimate of drug-likeness (QED) is 0.0797. The van der Waals surface area contributed by atoms with Crippen molar-refractivity contribution >= 4 is 17.4 Å². The van der Waals surface area contributed by atoms with Crippen LogP contribution in [0.1, 0.15) is 106 Å². The minimum absolute atomic E-state index is 0.106. The summed E-state index contributed by atoms with van der Waals surface area (Å²) in [5.74, 6) is 5.22.